The zero-order chi connectivity index (χ0) is 32.5. The minimum Gasteiger partial charge on any atom is -0.417 e. The van der Waals surface area contributed by atoms with Crippen LogP contribution in [0.4, 0.5) is 0 Å². The van der Waals surface area contributed by atoms with Gasteiger partial charge < -0.3 is 30.7 Å². The average Bonchev–Trinajstić information content (AvgIpc) is 3.40. The first-order valence-electron chi connectivity index (χ1n) is 16.6. The molecule has 4 N–H and O–H groups in total. The smallest absolute Gasteiger partial charge is 0.243 e. The van der Waals surface area contributed by atoms with E-state index in [1.165, 1.54) is 0 Å². The number of ketones is 1. The third-order valence-corrected chi connectivity index (χ3v) is 9.49. The van der Waals surface area contributed by atoms with Gasteiger partial charge in [-0.05, 0) is 50.2 Å². The highest BCUT2D eigenvalue weighted by Gasteiger charge is 2.41. The van der Waals surface area contributed by atoms with Crippen molar-refractivity contribution in [2.45, 2.75) is 122 Å². The molecule has 6 atom stereocenters. The number of piperidine rings is 1. The zero-order valence-corrected chi connectivity index (χ0v) is 27.2. The third-order valence-electron chi connectivity index (χ3n) is 9.49. The van der Waals surface area contributed by atoms with E-state index in [4.69, 9.17) is 4.84 Å². The van der Waals surface area contributed by atoms with E-state index in [9.17, 15) is 24.3 Å². The van der Waals surface area contributed by atoms with E-state index < -0.39 is 36.3 Å². The van der Waals surface area contributed by atoms with E-state index in [0.717, 1.165) is 48.6 Å². The SMILES string of the molecule is CCC(C)[C@@H]1NC(=O)[C@H](Cc2cn(OC)c3ccccc23)NC(=O)[C@H](CCCCCCC(C)=O)NC(=O)[C@H]2CCCCN2C1O. The number of nitrogens with zero attached hydrogens (tertiary/aromatic N) is 2. The Hall–Kier alpha value is -3.44. The predicted octanol–water partition coefficient (Wildman–Crippen LogP) is 2.86. The van der Waals surface area contributed by atoms with Gasteiger partial charge in [0.25, 0.3) is 0 Å². The monoisotopic (exact) mass is 625 g/mol. The molecule has 4 rings (SSSR count). The number of aliphatic hydroxyl groups is 1. The summed E-state index contributed by atoms with van der Waals surface area (Å²) in [7, 11) is 1.57. The standard InChI is InChI=1S/C34H51N5O6/c1-5-22(2)30-34(44)38-19-13-12-18-29(38)33(43)35-26(16-9-7-6-8-14-23(3)40)31(41)36-27(32(42)37-30)20-24-21-39(45-4)28-17-11-10-15-25(24)28/h10-11,15,17,21-22,26-27,29-30,34,44H,5-9,12-14,16,18-20H2,1-4H3,(H,35,43)(H,36,41)(H,37,42)/t22?,26-,27-,29+,30-,34?/m0/s1. The molecule has 0 spiro atoms. The number of unbranched alkanes of at least 4 members (excludes halogenated alkanes) is 3. The Balaban J connectivity index is 1.65. The lowest BCUT2D eigenvalue weighted by Gasteiger charge is -2.43. The molecule has 248 valence electrons. The highest BCUT2D eigenvalue weighted by atomic mass is 16.6. The molecule has 2 aromatic rings. The molecular weight excluding hydrogens is 574 g/mol. The molecule has 2 aliphatic heterocycles. The van der Waals surface area contributed by atoms with Crippen LogP contribution in [-0.4, -0.2) is 82.3 Å². The number of para-hydroxylation sites is 1. The van der Waals surface area contributed by atoms with Crippen LogP contribution >= 0.6 is 0 Å². The molecule has 0 saturated carbocycles. The first-order valence-corrected chi connectivity index (χ1v) is 16.6. The van der Waals surface area contributed by atoms with Gasteiger partial charge in [0.15, 0.2) is 0 Å². The van der Waals surface area contributed by atoms with Crippen molar-refractivity contribution in [3.05, 3.63) is 36.0 Å². The fourth-order valence-electron chi connectivity index (χ4n) is 6.63. The second-order valence-electron chi connectivity index (χ2n) is 12.7. The number of Topliss-reactive ketones (excluding diaryl/α,β-unsaturated/α-hetero) is 1. The molecule has 45 heavy (non-hydrogen) atoms. The lowest BCUT2D eigenvalue weighted by molar-refractivity contribution is -0.144. The normalized spacial score (nSPS) is 25.7. The van der Waals surface area contributed by atoms with Crippen molar-refractivity contribution in [2.24, 2.45) is 5.92 Å². The van der Waals surface area contributed by atoms with Crippen molar-refractivity contribution in [3.8, 4) is 0 Å². The number of nitrogens with one attached hydrogen (secondary N) is 3. The van der Waals surface area contributed by atoms with Gasteiger partial charge in [0.05, 0.1) is 17.6 Å². The van der Waals surface area contributed by atoms with E-state index >= 15 is 0 Å². The van der Waals surface area contributed by atoms with Crippen molar-refractivity contribution in [1.29, 1.82) is 0 Å². The topological polar surface area (TPSA) is 142 Å². The second-order valence-corrected chi connectivity index (χ2v) is 12.7. The molecule has 2 aliphatic rings. The van der Waals surface area contributed by atoms with Crippen LogP contribution in [0.2, 0.25) is 0 Å². The second kappa shape index (κ2) is 16.2. The van der Waals surface area contributed by atoms with Crippen LogP contribution in [-0.2, 0) is 25.6 Å². The minimum atomic E-state index is -1.06. The minimum absolute atomic E-state index is 0.0833. The molecule has 2 saturated heterocycles. The van der Waals surface area contributed by atoms with Gasteiger partial charge in [-0.3, -0.25) is 19.3 Å². The number of aliphatic hydroxyl groups excluding tert-OH is 1. The van der Waals surface area contributed by atoms with E-state index in [-0.39, 0.29) is 29.9 Å². The summed E-state index contributed by atoms with van der Waals surface area (Å²) in [6, 6.07) is 4.66. The van der Waals surface area contributed by atoms with Crippen molar-refractivity contribution < 1.29 is 29.1 Å². The van der Waals surface area contributed by atoms with Crippen molar-refractivity contribution in [1.82, 2.24) is 25.6 Å². The number of amides is 3. The van der Waals surface area contributed by atoms with Crippen LogP contribution in [0.3, 0.4) is 0 Å². The summed E-state index contributed by atoms with van der Waals surface area (Å²) in [5.41, 5.74) is 1.66. The number of benzene rings is 1. The number of hydrogen-bond acceptors (Lipinski definition) is 7. The molecule has 3 amide bonds. The van der Waals surface area contributed by atoms with Crippen molar-refractivity contribution in [2.75, 3.05) is 13.7 Å². The van der Waals surface area contributed by atoms with Crippen LogP contribution in [0.15, 0.2) is 30.5 Å². The Morgan fingerprint density at radius 3 is 2.44 bits per heavy atom. The number of fused-ring (bicyclic) bond motifs is 2. The van der Waals surface area contributed by atoms with Crippen molar-refractivity contribution >= 4 is 34.4 Å². The van der Waals surface area contributed by atoms with Gasteiger partial charge >= 0.3 is 0 Å². The Kier molecular flexibility index (Phi) is 12.4. The number of aromatic nitrogens is 1. The number of carbonyl (C=O) groups excluding carboxylic acids is 4. The maximum Gasteiger partial charge on any atom is 0.243 e. The molecule has 0 radical (unpaired) electrons. The first kappa shape index (κ1) is 34.4. The molecular formula is C34H51N5O6. The fourth-order valence-corrected chi connectivity index (χ4v) is 6.63. The van der Waals surface area contributed by atoms with Crippen LogP contribution < -0.4 is 20.8 Å². The van der Waals surface area contributed by atoms with Crippen LogP contribution in [0.5, 0.6) is 0 Å². The highest BCUT2D eigenvalue weighted by molar-refractivity contribution is 5.94. The molecule has 11 heteroatoms. The summed E-state index contributed by atoms with van der Waals surface area (Å²) in [4.78, 5) is 60.4. The number of hydrogen-bond donors (Lipinski definition) is 4. The maximum atomic E-state index is 14.1. The molecule has 2 unspecified atom stereocenters. The zero-order valence-electron chi connectivity index (χ0n) is 27.2. The van der Waals surface area contributed by atoms with Gasteiger partial charge in [0, 0.05) is 31.0 Å². The third kappa shape index (κ3) is 8.64. The molecule has 1 aromatic heterocycles. The van der Waals surface area contributed by atoms with Crippen LogP contribution in [0.25, 0.3) is 10.9 Å². The van der Waals surface area contributed by atoms with Gasteiger partial charge in [0.2, 0.25) is 17.7 Å². The quantitative estimate of drug-likeness (QED) is 0.266. The molecule has 11 nitrogen and oxygen atoms in total. The van der Waals surface area contributed by atoms with Gasteiger partial charge in [-0.2, -0.15) is 4.73 Å². The van der Waals surface area contributed by atoms with Crippen LogP contribution in [0.1, 0.15) is 90.5 Å². The summed E-state index contributed by atoms with van der Waals surface area (Å²) in [6.45, 7) is 6.09. The predicted molar refractivity (Wildman–Crippen MR) is 172 cm³/mol. The number of carbonyl (C=O) groups is 4. The van der Waals surface area contributed by atoms with E-state index in [1.807, 2.05) is 44.3 Å². The van der Waals surface area contributed by atoms with E-state index in [2.05, 4.69) is 16.0 Å². The summed E-state index contributed by atoms with van der Waals surface area (Å²) in [6.07, 6.45) is 7.98. The Morgan fingerprint density at radius 2 is 1.71 bits per heavy atom. The molecule has 0 aliphatic carbocycles. The lowest BCUT2D eigenvalue weighted by Crippen LogP contribution is -2.65. The van der Waals surface area contributed by atoms with E-state index in [0.29, 0.717) is 38.6 Å². The summed E-state index contributed by atoms with van der Waals surface area (Å²) < 4.78 is 1.64. The Morgan fingerprint density at radius 1 is 1.00 bits per heavy atom. The molecule has 3 heterocycles. The lowest BCUT2D eigenvalue weighted by atomic mass is 9.92. The van der Waals surface area contributed by atoms with Gasteiger partial charge in [-0.15, -0.1) is 0 Å². The van der Waals surface area contributed by atoms with Crippen LogP contribution in [0, 0.1) is 5.92 Å². The maximum absolute atomic E-state index is 14.1. The summed E-state index contributed by atoms with van der Waals surface area (Å²) in [5.74, 6) is -0.995. The largest absolute Gasteiger partial charge is 0.417 e. The molecule has 0 bridgehead atoms. The summed E-state index contributed by atoms with van der Waals surface area (Å²) in [5, 5.41) is 21.7. The first-order chi connectivity index (χ1) is 21.6. The van der Waals surface area contributed by atoms with Gasteiger partial charge in [0.1, 0.15) is 31.2 Å². The van der Waals surface area contributed by atoms with Crippen molar-refractivity contribution in [3.63, 3.8) is 0 Å². The van der Waals surface area contributed by atoms with E-state index in [1.54, 1.807) is 23.7 Å². The fraction of sp³-hybridized carbons (Fsp3) is 0.647. The molecule has 1 aromatic carbocycles. The number of rotatable bonds is 12. The summed E-state index contributed by atoms with van der Waals surface area (Å²) >= 11 is 0. The average molecular weight is 626 g/mol. The van der Waals surface area contributed by atoms with Gasteiger partial charge in [-0.25, -0.2) is 0 Å². The van der Waals surface area contributed by atoms with Gasteiger partial charge in [-0.1, -0.05) is 64.2 Å². The highest BCUT2D eigenvalue weighted by Crippen LogP contribution is 2.26. The molecule has 2 fully saturated rings. The Labute approximate surface area is 266 Å². The Bertz CT molecular complexity index is 1330.